The lowest BCUT2D eigenvalue weighted by Gasteiger charge is -2.41. The van der Waals surface area contributed by atoms with Crippen LogP contribution in [0.5, 0.6) is 11.5 Å². The molecule has 2 rings (SSSR count). The second-order valence-electron chi connectivity index (χ2n) is 5.87. The lowest BCUT2D eigenvalue weighted by Crippen LogP contribution is -2.60. The molecule has 25 heavy (non-hydrogen) atoms. The number of amides is 1. The van der Waals surface area contributed by atoms with Crippen LogP contribution in [0.1, 0.15) is 20.8 Å². The molecule has 138 valence electrons. The van der Waals surface area contributed by atoms with Gasteiger partial charge in [-0.1, -0.05) is 0 Å². The Kier molecular flexibility index (Phi) is 6.25. The highest BCUT2D eigenvalue weighted by atomic mass is 16.5. The van der Waals surface area contributed by atoms with Crippen molar-refractivity contribution in [3.8, 4) is 11.5 Å². The van der Waals surface area contributed by atoms with E-state index in [9.17, 15) is 9.59 Å². The van der Waals surface area contributed by atoms with Gasteiger partial charge in [-0.05, 0) is 32.9 Å². The zero-order valence-electron chi connectivity index (χ0n) is 15.4. The summed E-state index contributed by atoms with van der Waals surface area (Å²) >= 11 is 0. The van der Waals surface area contributed by atoms with Crippen molar-refractivity contribution in [1.82, 2.24) is 4.90 Å². The number of piperazine rings is 1. The molecule has 2 atom stereocenters. The Morgan fingerprint density at radius 2 is 2.00 bits per heavy atom. The molecule has 0 saturated carbocycles. The summed E-state index contributed by atoms with van der Waals surface area (Å²) < 4.78 is 15.7. The monoisotopic (exact) mass is 350 g/mol. The molecule has 1 aromatic carbocycles. The van der Waals surface area contributed by atoms with Gasteiger partial charge in [-0.25, -0.2) is 0 Å². The minimum atomic E-state index is -0.459. The molecule has 7 nitrogen and oxygen atoms in total. The van der Waals surface area contributed by atoms with E-state index in [2.05, 4.69) is 0 Å². The summed E-state index contributed by atoms with van der Waals surface area (Å²) in [6.07, 6.45) is 0. The second kappa shape index (κ2) is 8.20. The van der Waals surface area contributed by atoms with Crippen molar-refractivity contribution in [1.29, 1.82) is 0 Å². The van der Waals surface area contributed by atoms with Crippen molar-refractivity contribution in [3.63, 3.8) is 0 Å². The highest BCUT2D eigenvalue weighted by Gasteiger charge is 2.38. The van der Waals surface area contributed by atoms with Crippen molar-refractivity contribution in [2.75, 3.05) is 38.8 Å². The molecule has 2 unspecified atom stereocenters. The van der Waals surface area contributed by atoms with Gasteiger partial charge in [-0.2, -0.15) is 0 Å². The molecule has 1 aliphatic rings. The zero-order valence-corrected chi connectivity index (χ0v) is 15.4. The maximum absolute atomic E-state index is 12.9. The normalized spacial score (nSPS) is 19.5. The van der Waals surface area contributed by atoms with Crippen molar-refractivity contribution >= 4 is 17.6 Å². The molecule has 1 aliphatic heterocycles. The summed E-state index contributed by atoms with van der Waals surface area (Å²) in [7, 11) is 3.14. The SMILES string of the molecule is CCOC(=O)C(C)N1CCN(c2ccc(OC)cc2OC)C(=O)C1C. The van der Waals surface area contributed by atoms with Crippen LogP contribution in [-0.2, 0) is 14.3 Å². The van der Waals surface area contributed by atoms with E-state index in [1.54, 1.807) is 52.0 Å². The number of carbonyl (C=O) groups is 2. The first-order valence-corrected chi connectivity index (χ1v) is 8.40. The first-order valence-electron chi connectivity index (χ1n) is 8.40. The highest BCUT2D eigenvalue weighted by Crippen LogP contribution is 2.34. The maximum Gasteiger partial charge on any atom is 0.323 e. The fourth-order valence-electron chi connectivity index (χ4n) is 3.06. The summed E-state index contributed by atoms with van der Waals surface area (Å²) in [6, 6.07) is 4.47. The van der Waals surface area contributed by atoms with Gasteiger partial charge in [0, 0.05) is 19.2 Å². The van der Waals surface area contributed by atoms with Crippen LogP contribution in [0.2, 0.25) is 0 Å². The van der Waals surface area contributed by atoms with Crippen LogP contribution in [0.15, 0.2) is 18.2 Å². The van der Waals surface area contributed by atoms with E-state index in [0.29, 0.717) is 36.9 Å². The Hall–Kier alpha value is -2.28. The molecule has 0 spiro atoms. The number of hydrogen-bond acceptors (Lipinski definition) is 6. The van der Waals surface area contributed by atoms with Crippen LogP contribution in [-0.4, -0.2) is 62.8 Å². The summed E-state index contributed by atoms with van der Waals surface area (Å²) in [5.74, 6) is 0.853. The number of ether oxygens (including phenoxy) is 3. The van der Waals surface area contributed by atoms with Gasteiger partial charge >= 0.3 is 5.97 Å². The van der Waals surface area contributed by atoms with Crippen molar-refractivity contribution in [2.45, 2.75) is 32.9 Å². The van der Waals surface area contributed by atoms with Gasteiger partial charge in [0.1, 0.15) is 17.5 Å². The molecule has 1 amide bonds. The topological polar surface area (TPSA) is 68.3 Å². The van der Waals surface area contributed by atoms with Gasteiger partial charge in [0.25, 0.3) is 0 Å². The Balaban J connectivity index is 2.20. The quantitative estimate of drug-likeness (QED) is 0.728. The number of rotatable bonds is 6. The number of benzene rings is 1. The fraction of sp³-hybridized carbons (Fsp3) is 0.556. The summed E-state index contributed by atoms with van der Waals surface area (Å²) in [5, 5.41) is 0. The third-order valence-corrected chi connectivity index (χ3v) is 4.51. The molecule has 0 N–H and O–H groups in total. The largest absolute Gasteiger partial charge is 0.497 e. The predicted octanol–water partition coefficient (Wildman–Crippen LogP) is 1.69. The van der Waals surface area contributed by atoms with Crippen LogP contribution in [0.25, 0.3) is 0 Å². The van der Waals surface area contributed by atoms with Crippen LogP contribution in [0.4, 0.5) is 5.69 Å². The number of hydrogen-bond donors (Lipinski definition) is 0. The molecular formula is C18H26N2O5. The van der Waals surface area contributed by atoms with Crippen LogP contribution >= 0.6 is 0 Å². The van der Waals surface area contributed by atoms with Gasteiger partial charge < -0.3 is 19.1 Å². The van der Waals surface area contributed by atoms with E-state index in [0.717, 1.165) is 0 Å². The van der Waals surface area contributed by atoms with E-state index in [1.807, 2.05) is 11.0 Å². The molecule has 1 aromatic rings. The molecule has 0 aromatic heterocycles. The number of anilines is 1. The lowest BCUT2D eigenvalue weighted by atomic mass is 10.1. The van der Waals surface area contributed by atoms with E-state index >= 15 is 0 Å². The zero-order chi connectivity index (χ0) is 18.6. The minimum absolute atomic E-state index is 0.0779. The molecule has 0 radical (unpaired) electrons. The smallest absolute Gasteiger partial charge is 0.323 e. The van der Waals surface area contributed by atoms with Crippen LogP contribution in [0.3, 0.4) is 0 Å². The fourth-order valence-corrected chi connectivity index (χ4v) is 3.06. The van der Waals surface area contributed by atoms with E-state index < -0.39 is 12.1 Å². The average Bonchev–Trinajstić information content (AvgIpc) is 2.63. The number of nitrogens with zero attached hydrogens (tertiary/aromatic N) is 2. The lowest BCUT2D eigenvalue weighted by molar-refractivity contribution is -0.151. The van der Waals surface area contributed by atoms with Crippen molar-refractivity contribution < 1.29 is 23.8 Å². The molecule has 1 heterocycles. The first kappa shape index (κ1) is 19.1. The molecule has 7 heteroatoms. The van der Waals surface area contributed by atoms with Crippen LogP contribution in [0, 0.1) is 0 Å². The Morgan fingerprint density at radius 3 is 2.60 bits per heavy atom. The maximum atomic E-state index is 12.9. The third kappa shape index (κ3) is 3.87. The number of methoxy groups -OCH3 is 2. The number of carbonyl (C=O) groups excluding carboxylic acids is 2. The Bertz CT molecular complexity index is 634. The van der Waals surface area contributed by atoms with Gasteiger partial charge in [0.15, 0.2) is 0 Å². The van der Waals surface area contributed by atoms with Gasteiger partial charge in [-0.3, -0.25) is 14.5 Å². The number of esters is 1. The van der Waals surface area contributed by atoms with Gasteiger partial charge in [-0.15, -0.1) is 0 Å². The summed E-state index contributed by atoms with van der Waals surface area (Å²) in [5.41, 5.74) is 0.698. The Morgan fingerprint density at radius 1 is 1.28 bits per heavy atom. The second-order valence-corrected chi connectivity index (χ2v) is 5.87. The summed E-state index contributed by atoms with van der Waals surface area (Å²) in [6.45, 7) is 6.71. The van der Waals surface area contributed by atoms with E-state index in [4.69, 9.17) is 14.2 Å². The standard InChI is InChI=1S/C18H26N2O5/c1-6-25-18(22)13(3)19-9-10-20(17(21)12(19)2)15-8-7-14(23-4)11-16(15)24-5/h7-8,11-13H,6,9-10H2,1-5H3. The van der Waals surface area contributed by atoms with Crippen molar-refractivity contribution in [3.05, 3.63) is 18.2 Å². The molecule has 1 fully saturated rings. The minimum Gasteiger partial charge on any atom is -0.497 e. The summed E-state index contributed by atoms with van der Waals surface area (Å²) in [4.78, 5) is 28.4. The molecular weight excluding hydrogens is 324 g/mol. The third-order valence-electron chi connectivity index (χ3n) is 4.51. The molecule has 0 bridgehead atoms. The van der Waals surface area contributed by atoms with Gasteiger partial charge in [0.05, 0.1) is 32.6 Å². The highest BCUT2D eigenvalue weighted by molar-refractivity contribution is 5.99. The van der Waals surface area contributed by atoms with Gasteiger partial charge in [0.2, 0.25) is 5.91 Å². The van der Waals surface area contributed by atoms with Crippen molar-refractivity contribution in [2.24, 2.45) is 0 Å². The average molecular weight is 350 g/mol. The molecule has 0 aliphatic carbocycles. The van der Waals surface area contributed by atoms with Crippen LogP contribution < -0.4 is 14.4 Å². The Labute approximate surface area is 148 Å². The predicted molar refractivity (Wildman–Crippen MR) is 94.2 cm³/mol. The first-order chi connectivity index (χ1) is 11.9. The van der Waals surface area contributed by atoms with E-state index in [1.165, 1.54) is 0 Å². The van der Waals surface area contributed by atoms with E-state index in [-0.39, 0.29) is 11.9 Å². The molecule has 1 saturated heterocycles.